The Bertz CT molecular complexity index is 1580. The molecule has 0 amide bonds. The summed E-state index contributed by atoms with van der Waals surface area (Å²) in [5, 5.41) is 11.7. The monoisotopic (exact) mass is 425 g/mol. The molecule has 7 aromatic rings. The van der Waals surface area contributed by atoms with Gasteiger partial charge < -0.3 is 5.48 Å². The van der Waals surface area contributed by atoms with Gasteiger partial charge in [-0.25, -0.2) is 0 Å². The molecule has 2 heteroatoms. The number of para-hydroxylation sites is 1. The summed E-state index contributed by atoms with van der Waals surface area (Å²) in [4.78, 5) is 4.18. The fourth-order valence-corrected chi connectivity index (χ4v) is 4.45. The van der Waals surface area contributed by atoms with Crippen molar-refractivity contribution >= 4 is 54.0 Å². The molecule has 0 fully saturated rings. The summed E-state index contributed by atoms with van der Waals surface area (Å²) in [5.74, 6) is 0. The molecule has 0 atom stereocenters. The summed E-state index contributed by atoms with van der Waals surface area (Å²) >= 11 is 0. The van der Waals surface area contributed by atoms with Crippen LogP contribution in [0.2, 0.25) is 0 Å². The summed E-state index contributed by atoms with van der Waals surface area (Å²) in [5.41, 5.74) is 1.06. The van der Waals surface area contributed by atoms with E-state index in [1.807, 2.05) is 30.5 Å². The first kappa shape index (κ1) is 20.6. The maximum Gasteiger partial charge on any atom is 0.0701 e. The smallest absolute Gasteiger partial charge is 0.0701 e. The normalized spacial score (nSPS) is 10.8. The molecule has 6 aromatic carbocycles. The van der Waals surface area contributed by atoms with E-state index in [0.29, 0.717) is 0 Å². The van der Waals surface area contributed by atoms with Gasteiger partial charge in [0.2, 0.25) is 0 Å². The van der Waals surface area contributed by atoms with E-state index in [1.165, 1.54) is 48.5 Å². The quantitative estimate of drug-likeness (QED) is 0.181. The lowest BCUT2D eigenvalue weighted by Crippen LogP contribution is -1.81. The first-order valence-corrected chi connectivity index (χ1v) is 10.9. The summed E-state index contributed by atoms with van der Waals surface area (Å²) in [6.45, 7) is 0. The summed E-state index contributed by atoms with van der Waals surface area (Å²) < 4.78 is 0. The van der Waals surface area contributed by atoms with Crippen molar-refractivity contribution in [2.75, 3.05) is 0 Å². The predicted molar refractivity (Wildman–Crippen MR) is 142 cm³/mol. The van der Waals surface area contributed by atoms with Gasteiger partial charge in [-0.05, 0) is 79.5 Å². The molecule has 0 saturated carbocycles. The van der Waals surface area contributed by atoms with Crippen molar-refractivity contribution in [2.45, 2.75) is 0 Å². The van der Waals surface area contributed by atoms with Crippen molar-refractivity contribution < 1.29 is 5.48 Å². The van der Waals surface area contributed by atoms with Crippen LogP contribution >= 0.6 is 0 Å². The standard InChI is InChI=1S/C22H14.C9H7N.H2O/c1-3-7-17-13-21-19(11-15(17)5-1)9-10-20-12-16-6-2-4-8-18(16)14-22(20)21;1-2-6-9-8(4-1)5-3-7-10-9;/h1-14H;1-7H;1H2. The molecular weight excluding hydrogens is 402 g/mol. The first-order valence-electron chi connectivity index (χ1n) is 10.9. The van der Waals surface area contributed by atoms with Crippen LogP contribution in [-0.2, 0) is 0 Å². The molecule has 2 N–H and O–H groups in total. The zero-order chi connectivity index (χ0) is 21.3. The molecule has 7 rings (SSSR count). The van der Waals surface area contributed by atoms with Crippen molar-refractivity contribution in [1.29, 1.82) is 0 Å². The SMILES string of the molecule is O.c1ccc2cc3c(ccc4cc5ccccc5cc43)cc2c1.c1ccc2ncccc2c1. The lowest BCUT2D eigenvalue weighted by atomic mass is 9.96. The van der Waals surface area contributed by atoms with Gasteiger partial charge in [-0.15, -0.1) is 0 Å². The van der Waals surface area contributed by atoms with Crippen LogP contribution in [0, 0.1) is 0 Å². The number of hydrogen-bond acceptors (Lipinski definition) is 1. The van der Waals surface area contributed by atoms with E-state index in [4.69, 9.17) is 0 Å². The van der Waals surface area contributed by atoms with Gasteiger partial charge in [-0.1, -0.05) is 84.9 Å². The Morgan fingerprint density at radius 1 is 0.364 bits per heavy atom. The van der Waals surface area contributed by atoms with Gasteiger partial charge in [-0.2, -0.15) is 0 Å². The molecule has 1 heterocycles. The zero-order valence-electron chi connectivity index (χ0n) is 18.1. The summed E-state index contributed by atoms with van der Waals surface area (Å²) in [6.07, 6.45) is 1.81. The Labute approximate surface area is 192 Å². The molecule has 1 aromatic heterocycles. The van der Waals surface area contributed by atoms with Crippen LogP contribution in [0.4, 0.5) is 0 Å². The molecule has 158 valence electrons. The second kappa shape index (κ2) is 8.70. The molecular formula is C31H23NO. The molecule has 2 nitrogen and oxygen atoms in total. The molecule has 0 aliphatic rings. The number of nitrogens with zero attached hydrogens (tertiary/aromatic N) is 1. The minimum Gasteiger partial charge on any atom is -0.412 e. The van der Waals surface area contributed by atoms with Crippen molar-refractivity contribution in [3.63, 3.8) is 0 Å². The molecule has 0 radical (unpaired) electrons. The van der Waals surface area contributed by atoms with Gasteiger partial charge in [0.1, 0.15) is 0 Å². The highest BCUT2D eigenvalue weighted by molar-refractivity contribution is 6.15. The lowest BCUT2D eigenvalue weighted by Gasteiger charge is -2.08. The molecule has 0 bridgehead atoms. The maximum atomic E-state index is 4.18. The fourth-order valence-electron chi connectivity index (χ4n) is 4.45. The van der Waals surface area contributed by atoms with Gasteiger partial charge >= 0.3 is 0 Å². The molecule has 0 unspecified atom stereocenters. The van der Waals surface area contributed by atoms with Crippen molar-refractivity contribution in [3.05, 3.63) is 128 Å². The Morgan fingerprint density at radius 2 is 0.788 bits per heavy atom. The third kappa shape index (κ3) is 3.89. The number of hydrogen-bond donors (Lipinski definition) is 0. The minimum atomic E-state index is 0. The van der Waals surface area contributed by atoms with Crippen LogP contribution in [-0.4, -0.2) is 10.5 Å². The Kier molecular flexibility index (Phi) is 5.43. The van der Waals surface area contributed by atoms with E-state index in [1.54, 1.807) is 0 Å². The van der Waals surface area contributed by atoms with Gasteiger partial charge in [-0.3, -0.25) is 4.98 Å². The Morgan fingerprint density at radius 3 is 1.30 bits per heavy atom. The van der Waals surface area contributed by atoms with E-state index < -0.39 is 0 Å². The highest BCUT2D eigenvalue weighted by Crippen LogP contribution is 2.32. The number of pyridine rings is 1. The van der Waals surface area contributed by atoms with E-state index >= 15 is 0 Å². The molecule has 0 aliphatic heterocycles. The fraction of sp³-hybridized carbons (Fsp3) is 0. The van der Waals surface area contributed by atoms with Gasteiger partial charge in [0, 0.05) is 11.6 Å². The number of benzene rings is 6. The molecule has 0 saturated heterocycles. The second-order valence-corrected chi connectivity index (χ2v) is 8.10. The van der Waals surface area contributed by atoms with E-state index in [9.17, 15) is 0 Å². The van der Waals surface area contributed by atoms with Crippen LogP contribution < -0.4 is 0 Å². The van der Waals surface area contributed by atoms with Gasteiger partial charge in [0.25, 0.3) is 0 Å². The summed E-state index contributed by atoms with van der Waals surface area (Å²) in [7, 11) is 0. The lowest BCUT2D eigenvalue weighted by molar-refractivity contribution is 0.824. The Balaban J connectivity index is 0.000000175. The van der Waals surface area contributed by atoms with Crippen LogP contribution in [0.25, 0.3) is 54.0 Å². The van der Waals surface area contributed by atoms with Crippen LogP contribution in [0.3, 0.4) is 0 Å². The number of fused-ring (bicyclic) bond motifs is 6. The molecule has 0 spiro atoms. The third-order valence-corrected chi connectivity index (χ3v) is 6.08. The van der Waals surface area contributed by atoms with E-state index in [0.717, 1.165) is 5.52 Å². The van der Waals surface area contributed by atoms with Crippen molar-refractivity contribution in [1.82, 2.24) is 4.98 Å². The minimum absolute atomic E-state index is 0. The third-order valence-electron chi connectivity index (χ3n) is 6.08. The predicted octanol–water partition coefficient (Wildman–Crippen LogP) is 7.71. The molecule has 0 aliphatic carbocycles. The molecule has 33 heavy (non-hydrogen) atoms. The van der Waals surface area contributed by atoms with Crippen LogP contribution in [0.1, 0.15) is 0 Å². The second-order valence-electron chi connectivity index (χ2n) is 8.10. The number of rotatable bonds is 0. The van der Waals surface area contributed by atoms with E-state index in [2.05, 4.69) is 102 Å². The average Bonchev–Trinajstić information content (AvgIpc) is 2.87. The van der Waals surface area contributed by atoms with Crippen LogP contribution in [0.5, 0.6) is 0 Å². The maximum absolute atomic E-state index is 4.18. The first-order chi connectivity index (χ1) is 15.8. The van der Waals surface area contributed by atoms with E-state index in [-0.39, 0.29) is 5.48 Å². The number of aromatic nitrogens is 1. The summed E-state index contributed by atoms with van der Waals surface area (Å²) in [6, 6.07) is 42.9. The van der Waals surface area contributed by atoms with Crippen LogP contribution in [0.15, 0.2) is 128 Å². The van der Waals surface area contributed by atoms with Gasteiger partial charge in [0.05, 0.1) is 5.52 Å². The van der Waals surface area contributed by atoms with Crippen molar-refractivity contribution in [3.8, 4) is 0 Å². The highest BCUT2D eigenvalue weighted by atomic mass is 16.0. The van der Waals surface area contributed by atoms with Crippen molar-refractivity contribution in [2.24, 2.45) is 0 Å². The van der Waals surface area contributed by atoms with Gasteiger partial charge in [0.15, 0.2) is 0 Å². The largest absolute Gasteiger partial charge is 0.412 e. The highest BCUT2D eigenvalue weighted by Gasteiger charge is 2.04. The average molecular weight is 426 g/mol. The Hall–Kier alpha value is -4.27. The topological polar surface area (TPSA) is 44.4 Å². The zero-order valence-corrected chi connectivity index (χ0v) is 18.1.